The van der Waals surface area contributed by atoms with E-state index in [0.717, 1.165) is 22.3 Å². The summed E-state index contributed by atoms with van der Waals surface area (Å²) in [6.07, 6.45) is 0.601. The Morgan fingerprint density at radius 3 is 2.23 bits per heavy atom. The van der Waals surface area contributed by atoms with Gasteiger partial charge in [0.25, 0.3) is 0 Å². The number of rotatable bonds is 7. The van der Waals surface area contributed by atoms with Crippen molar-refractivity contribution >= 4 is 18.0 Å². The van der Waals surface area contributed by atoms with E-state index in [0.29, 0.717) is 19.4 Å². The number of carboxylic acids is 1. The molecule has 2 amide bonds. The van der Waals surface area contributed by atoms with E-state index in [4.69, 9.17) is 4.74 Å². The molecule has 1 aliphatic carbocycles. The van der Waals surface area contributed by atoms with E-state index in [1.165, 1.54) is 0 Å². The number of hydrogen-bond donors (Lipinski definition) is 2. The third-order valence-corrected chi connectivity index (χ3v) is 7.42. The molecule has 7 nitrogen and oxygen atoms in total. The zero-order chi connectivity index (χ0) is 25.1. The predicted octanol–water partition coefficient (Wildman–Crippen LogP) is 4.51. The Labute approximate surface area is 206 Å². The van der Waals surface area contributed by atoms with Crippen LogP contribution < -0.4 is 5.32 Å². The van der Waals surface area contributed by atoms with Gasteiger partial charge in [-0.1, -0.05) is 75.7 Å². The van der Waals surface area contributed by atoms with Crippen LogP contribution in [0.15, 0.2) is 48.5 Å². The van der Waals surface area contributed by atoms with Gasteiger partial charge in [0.05, 0.1) is 5.92 Å². The molecule has 0 spiro atoms. The number of piperidine rings is 1. The molecule has 2 aromatic rings. The Hall–Kier alpha value is -3.35. The van der Waals surface area contributed by atoms with Crippen molar-refractivity contribution in [2.24, 2.45) is 17.8 Å². The molecule has 35 heavy (non-hydrogen) atoms. The lowest BCUT2D eigenvalue weighted by atomic mass is 9.89. The van der Waals surface area contributed by atoms with E-state index in [1.54, 1.807) is 4.90 Å². The average molecular weight is 479 g/mol. The Kier molecular flexibility index (Phi) is 7.43. The van der Waals surface area contributed by atoms with Gasteiger partial charge < -0.3 is 20.1 Å². The van der Waals surface area contributed by atoms with Crippen LogP contribution in [0.1, 0.15) is 50.7 Å². The molecule has 0 saturated carbocycles. The number of benzene rings is 2. The average Bonchev–Trinajstić information content (AvgIpc) is 3.18. The summed E-state index contributed by atoms with van der Waals surface area (Å²) < 4.78 is 5.67. The monoisotopic (exact) mass is 478 g/mol. The van der Waals surface area contributed by atoms with Gasteiger partial charge in [-0.2, -0.15) is 0 Å². The number of nitrogens with zero attached hydrogens (tertiary/aromatic N) is 1. The van der Waals surface area contributed by atoms with Crippen LogP contribution in [-0.2, 0) is 14.3 Å². The lowest BCUT2D eigenvalue weighted by Gasteiger charge is -2.37. The van der Waals surface area contributed by atoms with Crippen LogP contribution in [-0.4, -0.2) is 53.7 Å². The summed E-state index contributed by atoms with van der Waals surface area (Å²) in [4.78, 5) is 39.4. The number of carbonyl (C=O) groups excluding carboxylic acids is 2. The number of nitrogens with one attached hydrogen (secondary N) is 1. The highest BCUT2D eigenvalue weighted by Gasteiger charge is 2.37. The lowest BCUT2D eigenvalue weighted by molar-refractivity contribution is -0.147. The maximum absolute atomic E-state index is 13.4. The van der Waals surface area contributed by atoms with Crippen LogP contribution in [0.2, 0.25) is 0 Å². The molecule has 2 aromatic carbocycles. The maximum atomic E-state index is 13.4. The fourth-order valence-corrected chi connectivity index (χ4v) is 5.36. The lowest BCUT2D eigenvalue weighted by Crippen LogP contribution is -2.55. The van der Waals surface area contributed by atoms with Crippen LogP contribution >= 0.6 is 0 Å². The number of ether oxygens (including phenoxy) is 1. The van der Waals surface area contributed by atoms with Gasteiger partial charge >= 0.3 is 12.1 Å². The van der Waals surface area contributed by atoms with E-state index in [1.807, 2.05) is 45.0 Å². The zero-order valence-corrected chi connectivity index (χ0v) is 20.6. The fraction of sp³-hybridized carbons (Fsp3) is 0.464. The third kappa shape index (κ3) is 5.19. The minimum atomic E-state index is -0.890. The largest absolute Gasteiger partial charge is 0.481 e. The molecular formula is C28H34N2O5. The summed E-state index contributed by atoms with van der Waals surface area (Å²) in [5.74, 6) is -1.83. The minimum absolute atomic E-state index is 0.0647. The van der Waals surface area contributed by atoms with E-state index in [2.05, 4.69) is 29.6 Å². The smallest absolute Gasteiger partial charge is 0.407 e. The Bertz CT molecular complexity index is 1050. The number of likely N-dealkylation sites (tertiary alicyclic amines) is 1. The van der Waals surface area contributed by atoms with Crippen LogP contribution in [0.4, 0.5) is 4.79 Å². The minimum Gasteiger partial charge on any atom is -0.481 e. The van der Waals surface area contributed by atoms with Crippen LogP contribution in [0.5, 0.6) is 0 Å². The molecule has 1 fully saturated rings. The molecule has 186 valence electrons. The van der Waals surface area contributed by atoms with Gasteiger partial charge in [0, 0.05) is 19.0 Å². The second-order valence-electron chi connectivity index (χ2n) is 9.95. The number of aliphatic carboxylic acids is 1. The molecule has 4 atom stereocenters. The maximum Gasteiger partial charge on any atom is 0.407 e. The number of fused-ring (bicyclic) bond motifs is 3. The van der Waals surface area contributed by atoms with Crippen LogP contribution in [0.3, 0.4) is 0 Å². The molecule has 0 radical (unpaired) electrons. The van der Waals surface area contributed by atoms with E-state index < -0.39 is 24.0 Å². The van der Waals surface area contributed by atoms with Crippen LogP contribution in [0.25, 0.3) is 11.1 Å². The van der Waals surface area contributed by atoms with Crippen molar-refractivity contribution < 1.29 is 24.2 Å². The molecule has 1 aliphatic heterocycles. The highest BCUT2D eigenvalue weighted by atomic mass is 16.5. The van der Waals surface area contributed by atoms with Gasteiger partial charge in [0.1, 0.15) is 12.6 Å². The first-order valence-electron chi connectivity index (χ1n) is 12.4. The molecule has 2 aliphatic rings. The molecule has 0 bridgehead atoms. The molecule has 4 rings (SSSR count). The van der Waals surface area contributed by atoms with Crippen molar-refractivity contribution in [2.45, 2.75) is 45.6 Å². The first-order chi connectivity index (χ1) is 16.8. The van der Waals surface area contributed by atoms with Gasteiger partial charge in [-0.25, -0.2) is 4.79 Å². The van der Waals surface area contributed by atoms with Crippen molar-refractivity contribution in [1.29, 1.82) is 0 Å². The van der Waals surface area contributed by atoms with Gasteiger partial charge in [-0.3, -0.25) is 9.59 Å². The topological polar surface area (TPSA) is 95.9 Å². The molecule has 1 heterocycles. The van der Waals surface area contributed by atoms with Gasteiger partial charge in [0.2, 0.25) is 5.91 Å². The second kappa shape index (κ2) is 10.5. The van der Waals surface area contributed by atoms with Gasteiger partial charge in [-0.15, -0.1) is 0 Å². The first kappa shape index (κ1) is 24.8. The molecule has 7 heteroatoms. The normalized spacial score (nSPS) is 20.9. The van der Waals surface area contributed by atoms with Crippen molar-refractivity contribution in [2.75, 3.05) is 19.7 Å². The summed E-state index contributed by atoms with van der Waals surface area (Å²) in [5.41, 5.74) is 4.55. The van der Waals surface area contributed by atoms with E-state index in [9.17, 15) is 19.5 Å². The molecular weight excluding hydrogens is 444 g/mol. The molecule has 2 unspecified atom stereocenters. The number of alkyl carbamates (subject to hydrolysis) is 1. The SMILES string of the molecule is CC[C@H](C)[C@H](NC(=O)OCC1c2ccccc2-c2ccccc21)C(=O)N1CC(C)CC(C(=O)O)C1. The number of amides is 2. The number of carboxylic acid groups (broad SMARTS) is 1. The molecule has 2 N–H and O–H groups in total. The van der Waals surface area contributed by atoms with Gasteiger partial charge in [0.15, 0.2) is 0 Å². The standard InChI is InChI=1S/C28H34N2O5/c1-4-18(3)25(26(31)30-14-17(2)13-19(15-30)27(32)33)29-28(34)35-16-24-22-11-7-5-9-20(22)21-10-6-8-12-23(21)24/h5-12,17-19,24-25H,4,13-16H2,1-3H3,(H,29,34)(H,32,33)/t17?,18-,19?,25-/m0/s1. The number of hydrogen-bond acceptors (Lipinski definition) is 4. The summed E-state index contributed by atoms with van der Waals surface area (Å²) in [6.45, 7) is 6.65. The van der Waals surface area contributed by atoms with Crippen molar-refractivity contribution in [3.8, 4) is 11.1 Å². The highest BCUT2D eigenvalue weighted by molar-refractivity contribution is 5.87. The van der Waals surface area contributed by atoms with Crippen LogP contribution in [0, 0.1) is 17.8 Å². The van der Waals surface area contributed by atoms with Crippen molar-refractivity contribution in [1.82, 2.24) is 10.2 Å². The molecule has 0 aromatic heterocycles. The van der Waals surface area contributed by atoms with E-state index >= 15 is 0 Å². The first-order valence-corrected chi connectivity index (χ1v) is 12.4. The summed E-state index contributed by atoms with van der Waals surface area (Å²) >= 11 is 0. The third-order valence-electron chi connectivity index (χ3n) is 7.42. The van der Waals surface area contributed by atoms with E-state index in [-0.39, 0.29) is 36.8 Å². The summed E-state index contributed by atoms with van der Waals surface area (Å²) in [7, 11) is 0. The Balaban J connectivity index is 1.44. The van der Waals surface area contributed by atoms with Gasteiger partial charge in [-0.05, 0) is 40.5 Å². The molecule has 1 saturated heterocycles. The quantitative estimate of drug-likeness (QED) is 0.611. The highest BCUT2D eigenvalue weighted by Crippen LogP contribution is 2.44. The predicted molar refractivity (Wildman–Crippen MR) is 133 cm³/mol. The fourth-order valence-electron chi connectivity index (χ4n) is 5.36. The summed E-state index contributed by atoms with van der Waals surface area (Å²) in [6, 6.07) is 15.5. The zero-order valence-electron chi connectivity index (χ0n) is 20.6. The Morgan fingerprint density at radius 1 is 1.06 bits per heavy atom. The van der Waals surface area contributed by atoms with Crippen molar-refractivity contribution in [3.05, 3.63) is 59.7 Å². The second-order valence-corrected chi connectivity index (χ2v) is 9.95. The number of carbonyl (C=O) groups is 3. The summed E-state index contributed by atoms with van der Waals surface area (Å²) in [5, 5.41) is 12.3. The Morgan fingerprint density at radius 2 is 1.66 bits per heavy atom. The van der Waals surface area contributed by atoms with Crippen molar-refractivity contribution in [3.63, 3.8) is 0 Å².